The van der Waals surface area contributed by atoms with Gasteiger partial charge in [0.25, 0.3) is 0 Å². The molecule has 0 unspecified atom stereocenters. The summed E-state index contributed by atoms with van der Waals surface area (Å²) >= 11 is 0. The molecule has 0 aromatic carbocycles. The van der Waals surface area contributed by atoms with Gasteiger partial charge >= 0.3 is 0 Å². The molecule has 1 N–H and O–H groups in total. The lowest BCUT2D eigenvalue weighted by atomic mass is 9.70. The van der Waals surface area contributed by atoms with E-state index >= 15 is 0 Å². The molecule has 2 atom stereocenters. The molecule has 0 radical (unpaired) electrons. The second kappa shape index (κ2) is 5.47. The second-order valence-electron chi connectivity index (χ2n) is 7.61. The quantitative estimate of drug-likeness (QED) is 0.905. The van der Waals surface area contributed by atoms with E-state index < -0.39 is 11.0 Å². The third kappa shape index (κ3) is 2.80. The van der Waals surface area contributed by atoms with Crippen molar-refractivity contribution in [3.8, 4) is 0 Å². The van der Waals surface area contributed by atoms with Crippen LogP contribution >= 0.6 is 0 Å². The number of pyridine rings is 1. The number of nitrogens with zero attached hydrogens (tertiary/aromatic N) is 1. The van der Waals surface area contributed by atoms with Crippen LogP contribution in [0.15, 0.2) is 18.5 Å². The molecule has 1 spiro atoms. The molecule has 3 nitrogen and oxygen atoms in total. The first-order chi connectivity index (χ1) is 9.92. The Balaban J connectivity index is 1.94. The Kier molecular flexibility index (Phi) is 3.95. The Morgan fingerprint density at radius 3 is 2.67 bits per heavy atom. The lowest BCUT2D eigenvalue weighted by molar-refractivity contribution is 0.153. The van der Waals surface area contributed by atoms with Crippen molar-refractivity contribution in [2.45, 2.75) is 70.1 Å². The lowest BCUT2D eigenvalue weighted by Gasteiger charge is -2.40. The first kappa shape index (κ1) is 15.2. The number of hydrogen-bond acceptors (Lipinski definition) is 2. The standard InChI is InChI=1S/C17H26N2OS/c1-16(2,3)21(20)19-15-14-7-10-18-12-13(14)11-17(15)8-5-4-6-9-17/h7,10,12,15,19H,4-6,8-9,11H2,1-3H3/t15-,21+/m1/s1. The molecule has 3 rings (SSSR count). The van der Waals surface area contributed by atoms with Crippen LogP contribution in [0.4, 0.5) is 0 Å². The molecule has 21 heavy (non-hydrogen) atoms. The Morgan fingerprint density at radius 2 is 2.00 bits per heavy atom. The summed E-state index contributed by atoms with van der Waals surface area (Å²) in [7, 11) is -1.03. The summed E-state index contributed by atoms with van der Waals surface area (Å²) in [5.74, 6) is 0. The maximum absolute atomic E-state index is 12.6. The summed E-state index contributed by atoms with van der Waals surface area (Å²) in [6.07, 6.45) is 11.4. The summed E-state index contributed by atoms with van der Waals surface area (Å²) < 4.78 is 15.9. The Bertz CT molecular complexity index is 544. The van der Waals surface area contributed by atoms with E-state index in [1.54, 1.807) is 0 Å². The van der Waals surface area contributed by atoms with Gasteiger partial charge in [-0.05, 0) is 62.6 Å². The highest BCUT2D eigenvalue weighted by atomic mass is 32.2. The van der Waals surface area contributed by atoms with Crippen LogP contribution < -0.4 is 4.72 Å². The molecule has 116 valence electrons. The highest BCUT2D eigenvalue weighted by Crippen LogP contribution is 2.54. The molecular weight excluding hydrogens is 280 g/mol. The van der Waals surface area contributed by atoms with Crippen molar-refractivity contribution >= 4 is 11.0 Å². The van der Waals surface area contributed by atoms with Gasteiger partial charge in [0.1, 0.15) is 0 Å². The topological polar surface area (TPSA) is 42.0 Å². The summed E-state index contributed by atoms with van der Waals surface area (Å²) in [6.45, 7) is 6.10. The molecule has 4 heteroatoms. The fraction of sp³-hybridized carbons (Fsp3) is 0.706. The van der Waals surface area contributed by atoms with E-state index in [9.17, 15) is 4.21 Å². The lowest BCUT2D eigenvalue weighted by Crippen LogP contribution is -2.42. The van der Waals surface area contributed by atoms with Crippen LogP contribution in [-0.4, -0.2) is 13.9 Å². The molecule has 2 aliphatic rings. The van der Waals surface area contributed by atoms with Crippen LogP contribution in [0, 0.1) is 5.41 Å². The minimum Gasteiger partial charge on any atom is -0.264 e. The van der Waals surface area contributed by atoms with Crippen molar-refractivity contribution in [3.63, 3.8) is 0 Å². The van der Waals surface area contributed by atoms with Gasteiger partial charge in [0, 0.05) is 12.4 Å². The van der Waals surface area contributed by atoms with Crippen molar-refractivity contribution < 1.29 is 4.21 Å². The smallest absolute Gasteiger partial charge is 0.0976 e. The van der Waals surface area contributed by atoms with Crippen molar-refractivity contribution in [2.24, 2.45) is 5.41 Å². The van der Waals surface area contributed by atoms with Crippen LogP contribution in [0.25, 0.3) is 0 Å². The highest BCUT2D eigenvalue weighted by molar-refractivity contribution is 7.84. The summed E-state index contributed by atoms with van der Waals surface area (Å²) in [4.78, 5) is 4.29. The number of aromatic nitrogens is 1. The van der Waals surface area contributed by atoms with E-state index in [2.05, 4.69) is 15.8 Å². The van der Waals surface area contributed by atoms with Crippen LogP contribution in [0.1, 0.15) is 70.0 Å². The zero-order valence-electron chi connectivity index (χ0n) is 13.3. The average molecular weight is 306 g/mol. The third-order valence-corrected chi connectivity index (χ3v) is 6.60. The monoisotopic (exact) mass is 306 g/mol. The zero-order chi connectivity index (χ0) is 15.1. The normalized spacial score (nSPS) is 25.8. The van der Waals surface area contributed by atoms with Crippen LogP contribution in [0.2, 0.25) is 0 Å². The molecule has 1 aromatic rings. The molecule has 1 aromatic heterocycles. The first-order valence-corrected chi connectivity index (χ1v) is 9.18. The second-order valence-corrected chi connectivity index (χ2v) is 9.60. The Morgan fingerprint density at radius 1 is 1.29 bits per heavy atom. The van der Waals surface area contributed by atoms with Crippen molar-refractivity contribution in [3.05, 3.63) is 29.6 Å². The third-order valence-electron chi connectivity index (χ3n) is 5.04. The van der Waals surface area contributed by atoms with Gasteiger partial charge in [0.2, 0.25) is 0 Å². The maximum Gasteiger partial charge on any atom is 0.0976 e. The van der Waals surface area contributed by atoms with Crippen molar-refractivity contribution in [1.29, 1.82) is 0 Å². The maximum atomic E-state index is 12.6. The van der Waals surface area contributed by atoms with Gasteiger partial charge in [0.05, 0.1) is 21.8 Å². The molecule has 1 saturated carbocycles. The van der Waals surface area contributed by atoms with Crippen LogP contribution in [0.3, 0.4) is 0 Å². The highest BCUT2D eigenvalue weighted by Gasteiger charge is 2.47. The zero-order valence-corrected chi connectivity index (χ0v) is 14.1. The van der Waals surface area contributed by atoms with Crippen molar-refractivity contribution in [1.82, 2.24) is 9.71 Å². The van der Waals surface area contributed by atoms with Gasteiger partial charge in [-0.1, -0.05) is 19.3 Å². The van der Waals surface area contributed by atoms with E-state index in [1.165, 1.54) is 43.2 Å². The van der Waals surface area contributed by atoms with Crippen LogP contribution in [0.5, 0.6) is 0 Å². The molecule has 0 bridgehead atoms. The predicted octanol–water partition coefficient (Wildman–Crippen LogP) is 3.68. The number of nitrogens with one attached hydrogen (secondary N) is 1. The van der Waals surface area contributed by atoms with Crippen molar-refractivity contribution in [2.75, 3.05) is 0 Å². The molecule has 0 aliphatic heterocycles. The number of rotatable bonds is 2. The molecule has 0 saturated heterocycles. The van der Waals surface area contributed by atoms with Crippen LogP contribution in [-0.2, 0) is 17.4 Å². The van der Waals surface area contributed by atoms with E-state index in [-0.39, 0.29) is 16.2 Å². The number of fused-ring (bicyclic) bond motifs is 1. The fourth-order valence-corrected chi connectivity index (χ4v) is 4.82. The first-order valence-electron chi connectivity index (χ1n) is 8.03. The molecule has 2 aliphatic carbocycles. The summed E-state index contributed by atoms with van der Waals surface area (Å²) in [6, 6.07) is 2.34. The fourth-order valence-electron chi connectivity index (χ4n) is 3.87. The molecule has 1 heterocycles. The molecule has 0 amide bonds. The van der Waals surface area contributed by atoms with Gasteiger partial charge in [-0.3, -0.25) is 4.98 Å². The average Bonchev–Trinajstić information content (AvgIpc) is 2.72. The number of hydrogen-bond donors (Lipinski definition) is 1. The van der Waals surface area contributed by atoms with Gasteiger partial charge in [0.15, 0.2) is 0 Å². The minimum absolute atomic E-state index is 0.218. The minimum atomic E-state index is -1.03. The van der Waals surface area contributed by atoms with Gasteiger partial charge in [-0.25, -0.2) is 8.93 Å². The SMILES string of the molecule is CC(C)(C)[S@](=O)N[C@@H]1c2ccncc2CC12CCCCC2. The largest absolute Gasteiger partial charge is 0.264 e. The van der Waals surface area contributed by atoms with E-state index in [0.717, 1.165) is 6.42 Å². The molecule has 1 fully saturated rings. The summed E-state index contributed by atoms with van der Waals surface area (Å²) in [5.41, 5.74) is 2.93. The Labute approximate surface area is 130 Å². The van der Waals surface area contributed by atoms with E-state index in [1.807, 2.05) is 33.2 Å². The van der Waals surface area contributed by atoms with Gasteiger partial charge < -0.3 is 0 Å². The predicted molar refractivity (Wildman–Crippen MR) is 87.2 cm³/mol. The van der Waals surface area contributed by atoms with E-state index in [0.29, 0.717) is 0 Å². The molecular formula is C17H26N2OS. The van der Waals surface area contributed by atoms with Gasteiger partial charge in [-0.15, -0.1) is 0 Å². The van der Waals surface area contributed by atoms with E-state index in [4.69, 9.17) is 0 Å². The summed E-state index contributed by atoms with van der Waals surface area (Å²) in [5, 5.41) is 0. The van der Waals surface area contributed by atoms with Gasteiger partial charge in [-0.2, -0.15) is 0 Å². The Hall–Kier alpha value is -0.740.